The van der Waals surface area contributed by atoms with Gasteiger partial charge in [0.25, 0.3) is 0 Å². The van der Waals surface area contributed by atoms with E-state index in [0.29, 0.717) is 0 Å². The fraction of sp³-hybridized carbons (Fsp3) is 0.267. The summed E-state index contributed by atoms with van der Waals surface area (Å²) in [7, 11) is 0. The minimum atomic E-state index is -2.34. The highest BCUT2D eigenvalue weighted by Gasteiger charge is 2.50. The van der Waals surface area contributed by atoms with Crippen molar-refractivity contribution in [2.45, 2.75) is 18.7 Å². The first-order valence-corrected chi connectivity index (χ1v) is 6.51. The van der Waals surface area contributed by atoms with Crippen LogP contribution in [-0.4, -0.2) is 50.4 Å². The first-order chi connectivity index (χ1) is 10.3. The summed E-state index contributed by atoms with van der Waals surface area (Å²) in [6.07, 6.45) is 2.23. The predicted octanol–water partition coefficient (Wildman–Crippen LogP) is -0.122. The van der Waals surface area contributed by atoms with E-state index < -0.39 is 35.9 Å². The van der Waals surface area contributed by atoms with Crippen LogP contribution in [0.4, 0.5) is 0 Å². The maximum Gasteiger partial charge on any atom is 0.336 e. The summed E-state index contributed by atoms with van der Waals surface area (Å²) in [5.41, 5.74) is -2.75. The van der Waals surface area contributed by atoms with Crippen LogP contribution < -0.4 is 0 Å². The number of rotatable bonds is 5. The van der Waals surface area contributed by atoms with Gasteiger partial charge in [-0.05, 0) is 13.0 Å². The number of Topliss-reactive ketones (excluding diaryl/α,β-unsaturated/α-hetero) is 1. The number of carboxylic acids is 1. The van der Waals surface area contributed by atoms with E-state index in [0.717, 1.165) is 11.0 Å². The Morgan fingerprint density at radius 2 is 1.95 bits per heavy atom. The molecule has 0 saturated heterocycles. The fourth-order valence-electron chi connectivity index (χ4n) is 2.49. The van der Waals surface area contributed by atoms with E-state index >= 15 is 0 Å². The Hall–Kier alpha value is -2.51. The molecule has 0 amide bonds. The third-order valence-electron chi connectivity index (χ3n) is 3.61. The first kappa shape index (κ1) is 15.9. The summed E-state index contributed by atoms with van der Waals surface area (Å²) >= 11 is 0. The molecular weight excluding hydrogens is 290 g/mol. The lowest BCUT2D eigenvalue weighted by atomic mass is 9.92. The van der Waals surface area contributed by atoms with Gasteiger partial charge in [-0.3, -0.25) is 9.59 Å². The molecule has 2 unspecified atom stereocenters. The number of hydrogen-bond donors (Lipinski definition) is 3. The van der Waals surface area contributed by atoms with E-state index in [1.54, 1.807) is 0 Å². The minimum Gasteiger partial charge on any atom is -0.478 e. The monoisotopic (exact) mass is 305 g/mol. The van der Waals surface area contributed by atoms with E-state index in [9.17, 15) is 29.7 Å². The molecule has 0 spiro atoms. The molecule has 7 nitrogen and oxygen atoms in total. The lowest BCUT2D eigenvalue weighted by Gasteiger charge is -2.38. The Balaban J connectivity index is 2.62. The average Bonchev–Trinajstić information content (AvgIpc) is 2.77. The molecule has 2 rings (SSSR count). The van der Waals surface area contributed by atoms with Crippen molar-refractivity contribution in [3.05, 3.63) is 47.7 Å². The average molecular weight is 305 g/mol. The number of carbonyl (C=O) groups is 3. The number of aromatic carboxylic acids is 1. The Morgan fingerprint density at radius 1 is 1.32 bits per heavy atom. The van der Waals surface area contributed by atoms with Crippen molar-refractivity contribution in [3.8, 4) is 0 Å². The summed E-state index contributed by atoms with van der Waals surface area (Å²) < 4.78 is 0. The molecule has 2 atom stereocenters. The molecule has 0 fully saturated rings. The molecule has 116 valence electrons. The highest BCUT2D eigenvalue weighted by molar-refractivity contribution is 6.02. The van der Waals surface area contributed by atoms with Gasteiger partial charge in [0.05, 0.1) is 12.2 Å². The van der Waals surface area contributed by atoms with Gasteiger partial charge in [0.1, 0.15) is 6.04 Å². The molecule has 1 aromatic rings. The van der Waals surface area contributed by atoms with Crippen molar-refractivity contribution in [1.29, 1.82) is 0 Å². The normalized spacial score (nSPS) is 22.0. The summed E-state index contributed by atoms with van der Waals surface area (Å²) in [4.78, 5) is 36.1. The molecule has 1 aliphatic heterocycles. The van der Waals surface area contributed by atoms with Crippen LogP contribution >= 0.6 is 0 Å². The molecule has 0 bridgehead atoms. The van der Waals surface area contributed by atoms with E-state index in [1.165, 1.54) is 37.4 Å². The Kier molecular flexibility index (Phi) is 4.11. The number of aliphatic hydroxyl groups excluding tert-OH is 1. The van der Waals surface area contributed by atoms with Crippen LogP contribution in [0.3, 0.4) is 0 Å². The number of benzene rings is 1. The summed E-state index contributed by atoms with van der Waals surface area (Å²) in [6, 6.07) is 4.33. The maximum absolute atomic E-state index is 12.2. The van der Waals surface area contributed by atoms with Gasteiger partial charge in [-0.25, -0.2) is 4.79 Å². The highest BCUT2D eigenvalue weighted by Crippen LogP contribution is 2.36. The first-order valence-electron chi connectivity index (χ1n) is 6.51. The van der Waals surface area contributed by atoms with Crippen LogP contribution in [0, 0.1) is 0 Å². The largest absolute Gasteiger partial charge is 0.478 e. The van der Waals surface area contributed by atoms with Crippen LogP contribution in [0.5, 0.6) is 0 Å². The van der Waals surface area contributed by atoms with Crippen molar-refractivity contribution in [3.63, 3.8) is 0 Å². The molecule has 1 aliphatic rings. The van der Waals surface area contributed by atoms with Crippen molar-refractivity contribution in [2.75, 3.05) is 6.61 Å². The van der Waals surface area contributed by atoms with Crippen LogP contribution in [-0.2, 0) is 15.3 Å². The topological polar surface area (TPSA) is 115 Å². The minimum absolute atomic E-state index is 0.155. The number of hydrogen-bond acceptors (Lipinski definition) is 6. The molecule has 7 heteroatoms. The summed E-state index contributed by atoms with van der Waals surface area (Å²) in [5.74, 6) is -2.55. The van der Waals surface area contributed by atoms with Gasteiger partial charge in [-0.15, -0.1) is 0 Å². The van der Waals surface area contributed by atoms with E-state index in [-0.39, 0.29) is 11.1 Å². The van der Waals surface area contributed by atoms with Crippen molar-refractivity contribution >= 4 is 17.5 Å². The zero-order valence-electron chi connectivity index (χ0n) is 11.8. The third kappa shape index (κ3) is 2.30. The van der Waals surface area contributed by atoms with Gasteiger partial charge in [0.15, 0.2) is 5.78 Å². The summed E-state index contributed by atoms with van der Waals surface area (Å²) in [6.45, 7) is 0.589. The fourth-order valence-corrected chi connectivity index (χ4v) is 2.49. The SMILES string of the molecule is CC(=O)C(CO)N1C=CC(=O)C1(O)c1ccccc1C(=O)O. The van der Waals surface area contributed by atoms with Gasteiger partial charge >= 0.3 is 5.97 Å². The lowest BCUT2D eigenvalue weighted by molar-refractivity contribution is -0.157. The zero-order chi connectivity index (χ0) is 16.5. The molecular formula is C15H15NO6. The molecule has 3 N–H and O–H groups in total. The molecule has 0 aromatic heterocycles. The Morgan fingerprint density at radius 3 is 2.50 bits per heavy atom. The number of ketones is 2. The van der Waals surface area contributed by atoms with Crippen LogP contribution in [0.2, 0.25) is 0 Å². The standard InChI is InChI=1S/C15H15NO6/c1-9(18)12(8-17)16-7-6-13(19)15(16,22)11-5-3-2-4-10(11)14(20)21/h2-7,12,17,22H,8H2,1H3,(H,20,21). The lowest BCUT2D eigenvalue weighted by Crippen LogP contribution is -2.54. The van der Waals surface area contributed by atoms with Crippen LogP contribution in [0.1, 0.15) is 22.8 Å². The molecule has 0 radical (unpaired) electrons. The summed E-state index contributed by atoms with van der Waals surface area (Å²) in [5, 5.41) is 29.5. The molecule has 1 heterocycles. The molecule has 0 saturated carbocycles. The van der Waals surface area contributed by atoms with Gasteiger partial charge in [-0.1, -0.05) is 18.2 Å². The second-order valence-electron chi connectivity index (χ2n) is 4.92. The van der Waals surface area contributed by atoms with Gasteiger partial charge in [0, 0.05) is 17.8 Å². The molecule has 1 aromatic carbocycles. The number of carboxylic acid groups (broad SMARTS) is 1. The quantitative estimate of drug-likeness (QED) is 0.694. The van der Waals surface area contributed by atoms with Crippen molar-refractivity contribution in [2.24, 2.45) is 0 Å². The Bertz CT molecular complexity index is 668. The molecule has 22 heavy (non-hydrogen) atoms. The second-order valence-corrected chi connectivity index (χ2v) is 4.92. The highest BCUT2D eigenvalue weighted by atomic mass is 16.4. The number of carbonyl (C=O) groups excluding carboxylic acids is 2. The second kappa shape index (κ2) is 5.70. The molecule has 0 aliphatic carbocycles. The smallest absolute Gasteiger partial charge is 0.336 e. The zero-order valence-corrected chi connectivity index (χ0v) is 11.8. The van der Waals surface area contributed by atoms with Gasteiger partial charge in [-0.2, -0.15) is 0 Å². The maximum atomic E-state index is 12.2. The van der Waals surface area contributed by atoms with Crippen LogP contribution in [0.15, 0.2) is 36.5 Å². The van der Waals surface area contributed by atoms with Crippen LogP contribution in [0.25, 0.3) is 0 Å². The third-order valence-corrected chi connectivity index (χ3v) is 3.61. The number of nitrogens with zero attached hydrogens (tertiary/aromatic N) is 1. The number of aliphatic hydroxyl groups is 2. The van der Waals surface area contributed by atoms with Gasteiger partial charge in [0.2, 0.25) is 11.5 Å². The van der Waals surface area contributed by atoms with E-state index in [2.05, 4.69) is 0 Å². The Labute approximate surface area is 126 Å². The van der Waals surface area contributed by atoms with Crippen molar-refractivity contribution in [1.82, 2.24) is 4.90 Å². The van der Waals surface area contributed by atoms with E-state index in [1.807, 2.05) is 0 Å². The van der Waals surface area contributed by atoms with E-state index in [4.69, 9.17) is 0 Å². The van der Waals surface area contributed by atoms with Crippen molar-refractivity contribution < 1.29 is 29.7 Å². The van der Waals surface area contributed by atoms with Gasteiger partial charge < -0.3 is 20.2 Å². The predicted molar refractivity (Wildman–Crippen MR) is 74.8 cm³/mol.